The molecule has 0 aliphatic carbocycles. The Bertz CT molecular complexity index is 1060. The van der Waals surface area contributed by atoms with Crippen LogP contribution in [0.4, 0.5) is 0 Å². The quantitative estimate of drug-likeness (QED) is 0.465. The summed E-state index contributed by atoms with van der Waals surface area (Å²) in [6, 6.07) is 8.22. The smallest absolute Gasteiger partial charge is 0.295 e. The molecule has 1 amide bonds. The van der Waals surface area contributed by atoms with Crippen molar-refractivity contribution in [2.45, 2.75) is 44.4 Å². The zero-order valence-corrected chi connectivity index (χ0v) is 17.3. The van der Waals surface area contributed by atoms with E-state index in [1.54, 1.807) is 36.7 Å². The van der Waals surface area contributed by atoms with E-state index in [1.807, 2.05) is 13.0 Å². The molecule has 0 spiro atoms. The summed E-state index contributed by atoms with van der Waals surface area (Å²) in [6.07, 6.45) is 5.71. The molecular weight excluding hydrogens is 396 g/mol. The van der Waals surface area contributed by atoms with E-state index in [-0.39, 0.29) is 23.5 Å². The fraction of sp³-hybridized carbons (Fsp3) is 0.375. The largest absolute Gasteiger partial charge is 0.507 e. The van der Waals surface area contributed by atoms with E-state index < -0.39 is 17.7 Å². The van der Waals surface area contributed by atoms with E-state index in [1.165, 1.54) is 4.90 Å². The number of benzene rings is 1. The highest BCUT2D eigenvalue weighted by Crippen LogP contribution is 2.41. The van der Waals surface area contributed by atoms with E-state index >= 15 is 0 Å². The first kappa shape index (κ1) is 19.8. The van der Waals surface area contributed by atoms with Crippen LogP contribution in [0.1, 0.15) is 42.5 Å². The number of hydrogen-bond donors (Lipinski definition) is 1. The summed E-state index contributed by atoms with van der Waals surface area (Å²) in [5.74, 6) is -0.676. The van der Waals surface area contributed by atoms with E-state index in [0.717, 1.165) is 36.1 Å². The summed E-state index contributed by atoms with van der Waals surface area (Å²) in [4.78, 5) is 31.7. The zero-order chi connectivity index (χ0) is 21.5. The molecule has 0 unspecified atom stereocenters. The minimum atomic E-state index is -0.685. The van der Waals surface area contributed by atoms with Crippen molar-refractivity contribution in [3.05, 3.63) is 65.0 Å². The average Bonchev–Trinajstić information content (AvgIpc) is 3.48. The number of nitrogens with zero attached hydrogens (tertiary/aromatic N) is 2. The highest BCUT2D eigenvalue weighted by molar-refractivity contribution is 6.46. The maximum Gasteiger partial charge on any atom is 0.295 e. The predicted octanol–water partition coefficient (Wildman–Crippen LogP) is 3.01. The number of aliphatic hydroxyl groups excluding tert-OH is 1. The standard InChI is InChI=1S/C24H24N2O5/c1-14-11-17-12-16(4-5-19(17)31-14)22(27)20-21(15-6-8-25-9-7-15)26(24(29)23(20)28)13-18-3-2-10-30-18/h4-9,12,14,18,21,27H,2-3,10-11,13H2,1H3/t14-,18+,21+/m1/s1. The van der Waals surface area contributed by atoms with E-state index in [9.17, 15) is 14.7 Å². The summed E-state index contributed by atoms with van der Waals surface area (Å²) < 4.78 is 11.5. The molecule has 2 fully saturated rings. The minimum Gasteiger partial charge on any atom is -0.507 e. The topological polar surface area (TPSA) is 89.0 Å². The number of aliphatic hydroxyl groups is 1. The highest BCUT2D eigenvalue weighted by atomic mass is 16.5. The van der Waals surface area contributed by atoms with Gasteiger partial charge in [0.25, 0.3) is 11.7 Å². The van der Waals surface area contributed by atoms with Crippen LogP contribution in [0, 0.1) is 0 Å². The second kappa shape index (κ2) is 7.81. The maximum absolute atomic E-state index is 13.1. The molecule has 4 heterocycles. The van der Waals surface area contributed by atoms with Crippen LogP contribution >= 0.6 is 0 Å². The van der Waals surface area contributed by atoms with Crippen LogP contribution in [-0.2, 0) is 20.7 Å². The number of Topliss-reactive ketones (excluding diaryl/α,β-unsaturated/α-hetero) is 1. The molecule has 2 saturated heterocycles. The Balaban J connectivity index is 1.59. The minimum absolute atomic E-state index is 0.0706. The molecule has 7 heteroatoms. The number of aromatic nitrogens is 1. The molecule has 3 aliphatic rings. The van der Waals surface area contributed by atoms with Crippen LogP contribution in [0.15, 0.2) is 48.3 Å². The van der Waals surface area contributed by atoms with Gasteiger partial charge in [-0.3, -0.25) is 14.6 Å². The lowest BCUT2D eigenvalue weighted by molar-refractivity contribution is -0.140. The summed E-state index contributed by atoms with van der Waals surface area (Å²) in [6.45, 7) is 2.95. The number of amides is 1. The third kappa shape index (κ3) is 3.49. The van der Waals surface area contributed by atoms with Crippen molar-refractivity contribution in [3.8, 4) is 5.75 Å². The third-order valence-electron chi connectivity index (χ3n) is 6.16. The number of ketones is 1. The summed E-state index contributed by atoms with van der Waals surface area (Å²) in [7, 11) is 0. The molecule has 2 aromatic rings. The van der Waals surface area contributed by atoms with Gasteiger partial charge < -0.3 is 19.5 Å². The van der Waals surface area contributed by atoms with Crippen LogP contribution in [0.3, 0.4) is 0 Å². The maximum atomic E-state index is 13.1. The number of pyridine rings is 1. The first-order valence-corrected chi connectivity index (χ1v) is 10.6. The molecule has 3 atom stereocenters. The average molecular weight is 420 g/mol. The fourth-order valence-corrected chi connectivity index (χ4v) is 4.69. The molecule has 0 saturated carbocycles. The van der Waals surface area contributed by atoms with Gasteiger partial charge in [0.2, 0.25) is 0 Å². The van der Waals surface area contributed by atoms with Crippen molar-refractivity contribution >= 4 is 17.4 Å². The lowest BCUT2D eigenvalue weighted by Crippen LogP contribution is -2.36. The molecule has 160 valence electrons. The van der Waals surface area contributed by atoms with Gasteiger partial charge in [-0.05, 0) is 61.2 Å². The number of carbonyl (C=O) groups excluding carboxylic acids is 2. The van der Waals surface area contributed by atoms with Gasteiger partial charge in [-0.25, -0.2) is 0 Å². The Morgan fingerprint density at radius 3 is 2.77 bits per heavy atom. The van der Waals surface area contributed by atoms with Gasteiger partial charge >= 0.3 is 0 Å². The van der Waals surface area contributed by atoms with Crippen molar-refractivity contribution in [2.24, 2.45) is 0 Å². The Hall–Kier alpha value is -3.19. The summed E-state index contributed by atoms with van der Waals surface area (Å²) in [5, 5.41) is 11.2. The van der Waals surface area contributed by atoms with E-state index in [2.05, 4.69) is 4.98 Å². The van der Waals surface area contributed by atoms with Crippen LogP contribution < -0.4 is 4.74 Å². The third-order valence-corrected chi connectivity index (χ3v) is 6.16. The lowest BCUT2D eigenvalue weighted by atomic mass is 9.95. The second-order valence-corrected chi connectivity index (χ2v) is 8.32. The molecule has 7 nitrogen and oxygen atoms in total. The van der Waals surface area contributed by atoms with Crippen LogP contribution in [0.2, 0.25) is 0 Å². The lowest BCUT2D eigenvalue weighted by Gasteiger charge is -2.27. The monoisotopic (exact) mass is 420 g/mol. The number of likely N-dealkylation sites (tertiary alicyclic amines) is 1. The number of ether oxygens (including phenoxy) is 2. The SMILES string of the molecule is C[C@@H]1Cc2cc(C(O)=C3C(=O)C(=O)N(C[C@@H]4CCCO4)[C@H]3c3ccncc3)ccc2O1. The predicted molar refractivity (Wildman–Crippen MR) is 112 cm³/mol. The van der Waals surface area contributed by atoms with Gasteiger partial charge in [-0.2, -0.15) is 0 Å². The molecule has 3 aliphatic heterocycles. The summed E-state index contributed by atoms with van der Waals surface area (Å²) in [5.41, 5.74) is 2.31. The van der Waals surface area contributed by atoms with Gasteiger partial charge in [0.15, 0.2) is 0 Å². The molecule has 0 radical (unpaired) electrons. The molecule has 0 bridgehead atoms. The molecule has 1 aromatic carbocycles. The van der Waals surface area contributed by atoms with Crippen molar-refractivity contribution in [3.63, 3.8) is 0 Å². The molecule has 1 aromatic heterocycles. The second-order valence-electron chi connectivity index (χ2n) is 8.32. The number of rotatable bonds is 4. The fourth-order valence-electron chi connectivity index (χ4n) is 4.69. The van der Waals surface area contributed by atoms with Crippen molar-refractivity contribution in [1.29, 1.82) is 0 Å². The van der Waals surface area contributed by atoms with Crippen molar-refractivity contribution < 1.29 is 24.2 Å². The van der Waals surface area contributed by atoms with Gasteiger partial charge in [0.1, 0.15) is 17.6 Å². The Morgan fingerprint density at radius 2 is 2.03 bits per heavy atom. The Kier molecular flexibility index (Phi) is 4.98. The van der Waals surface area contributed by atoms with E-state index in [4.69, 9.17) is 9.47 Å². The first-order chi connectivity index (χ1) is 15.0. The van der Waals surface area contributed by atoms with Crippen LogP contribution in [0.5, 0.6) is 5.75 Å². The first-order valence-electron chi connectivity index (χ1n) is 10.6. The normalized spacial score (nSPS) is 26.9. The number of hydrogen-bond acceptors (Lipinski definition) is 6. The molecule has 1 N–H and O–H groups in total. The van der Waals surface area contributed by atoms with Crippen LogP contribution in [-0.4, -0.2) is 52.0 Å². The van der Waals surface area contributed by atoms with Crippen molar-refractivity contribution in [2.75, 3.05) is 13.2 Å². The number of carbonyl (C=O) groups is 2. The highest BCUT2D eigenvalue weighted by Gasteiger charge is 2.47. The van der Waals surface area contributed by atoms with Crippen molar-refractivity contribution in [1.82, 2.24) is 9.88 Å². The van der Waals surface area contributed by atoms with Gasteiger partial charge in [0.05, 0.1) is 17.7 Å². The Labute approximate surface area is 180 Å². The number of fused-ring (bicyclic) bond motifs is 1. The van der Waals surface area contributed by atoms with Crippen LogP contribution in [0.25, 0.3) is 5.76 Å². The summed E-state index contributed by atoms with van der Waals surface area (Å²) >= 11 is 0. The van der Waals surface area contributed by atoms with E-state index in [0.29, 0.717) is 18.7 Å². The molecule has 31 heavy (non-hydrogen) atoms. The van der Waals surface area contributed by atoms with Gasteiger partial charge in [0, 0.05) is 37.5 Å². The van der Waals surface area contributed by atoms with Gasteiger partial charge in [-0.15, -0.1) is 0 Å². The zero-order valence-electron chi connectivity index (χ0n) is 17.3. The Morgan fingerprint density at radius 1 is 1.23 bits per heavy atom. The van der Waals surface area contributed by atoms with Gasteiger partial charge in [-0.1, -0.05) is 0 Å². The molecule has 5 rings (SSSR count). The molecular formula is C24H24N2O5.